The first-order chi connectivity index (χ1) is 8.28. The van der Waals surface area contributed by atoms with Crippen molar-refractivity contribution in [2.24, 2.45) is 5.73 Å². The number of imidazole rings is 1. The number of benzene rings is 1. The first kappa shape index (κ1) is 11.0. The van der Waals surface area contributed by atoms with E-state index >= 15 is 0 Å². The molecule has 3 rings (SSSR count). The molecule has 0 spiro atoms. The normalized spacial score (nSPS) is 15.2. The minimum absolute atomic E-state index is 0.537. The second-order valence-corrected chi connectivity index (χ2v) is 5.35. The summed E-state index contributed by atoms with van der Waals surface area (Å²) in [7, 11) is 0. The summed E-state index contributed by atoms with van der Waals surface area (Å²) in [5.74, 6) is 1.56. The van der Waals surface area contributed by atoms with E-state index in [0.717, 1.165) is 21.6 Å². The molecule has 0 saturated heterocycles. The number of nitrogens with one attached hydrogen (secondary N) is 1. The number of halogens is 1. The van der Waals surface area contributed by atoms with Crippen molar-refractivity contribution in [3.8, 4) is 11.4 Å². The molecular weight excluding hydrogens is 278 g/mol. The molecule has 1 aliphatic carbocycles. The van der Waals surface area contributed by atoms with Crippen molar-refractivity contribution in [1.82, 2.24) is 9.97 Å². The van der Waals surface area contributed by atoms with Gasteiger partial charge in [-0.25, -0.2) is 4.98 Å². The van der Waals surface area contributed by atoms with E-state index in [9.17, 15) is 0 Å². The van der Waals surface area contributed by atoms with Gasteiger partial charge in [0.25, 0.3) is 0 Å². The highest BCUT2D eigenvalue weighted by molar-refractivity contribution is 9.10. The van der Waals surface area contributed by atoms with Crippen LogP contribution in [0.5, 0.6) is 0 Å². The van der Waals surface area contributed by atoms with E-state index in [-0.39, 0.29) is 0 Å². The van der Waals surface area contributed by atoms with Gasteiger partial charge >= 0.3 is 0 Å². The third kappa shape index (κ3) is 2.15. The predicted molar refractivity (Wildman–Crippen MR) is 71.6 cm³/mol. The van der Waals surface area contributed by atoms with Gasteiger partial charge in [0.05, 0.1) is 11.4 Å². The van der Waals surface area contributed by atoms with Crippen LogP contribution in [0, 0.1) is 0 Å². The average molecular weight is 292 g/mol. The smallest absolute Gasteiger partial charge is 0.137 e. The Morgan fingerprint density at radius 3 is 2.59 bits per heavy atom. The predicted octanol–water partition coefficient (Wildman–Crippen LogP) is 3.18. The lowest BCUT2D eigenvalue weighted by atomic mass is 10.2. The van der Waals surface area contributed by atoms with Crippen molar-refractivity contribution in [3.05, 3.63) is 40.1 Å². The highest BCUT2D eigenvalue weighted by atomic mass is 79.9. The van der Waals surface area contributed by atoms with Gasteiger partial charge in [0.2, 0.25) is 0 Å². The van der Waals surface area contributed by atoms with Crippen molar-refractivity contribution in [2.75, 3.05) is 0 Å². The summed E-state index contributed by atoms with van der Waals surface area (Å²) < 4.78 is 1.08. The molecule has 0 bridgehead atoms. The fourth-order valence-electron chi connectivity index (χ4n) is 2.02. The number of aromatic amines is 1. The molecule has 1 saturated carbocycles. The number of nitrogens with two attached hydrogens (primary N) is 1. The standard InChI is InChI=1S/C13H14BrN3/c14-10-5-3-9(4-6-10)13-16-11(7-15)12(17-13)8-1-2-8/h3-6,8H,1-2,7,15H2,(H,16,17). The van der Waals surface area contributed by atoms with Crippen molar-refractivity contribution < 1.29 is 0 Å². The van der Waals surface area contributed by atoms with Crippen molar-refractivity contribution in [1.29, 1.82) is 0 Å². The number of H-pyrrole nitrogens is 1. The molecule has 1 aliphatic rings. The number of rotatable bonds is 3. The van der Waals surface area contributed by atoms with Gasteiger partial charge in [0.15, 0.2) is 0 Å². The molecule has 0 amide bonds. The highest BCUT2D eigenvalue weighted by Gasteiger charge is 2.29. The average Bonchev–Trinajstić information content (AvgIpc) is 3.10. The van der Waals surface area contributed by atoms with E-state index in [1.54, 1.807) is 0 Å². The van der Waals surface area contributed by atoms with E-state index in [2.05, 4.69) is 33.0 Å². The molecular formula is C13H14BrN3. The van der Waals surface area contributed by atoms with Crippen LogP contribution in [0.2, 0.25) is 0 Å². The SMILES string of the molecule is NCc1[nH]c(-c2ccc(Br)cc2)nc1C1CC1. The molecule has 88 valence electrons. The van der Waals surface area contributed by atoms with Gasteiger partial charge in [-0.15, -0.1) is 0 Å². The lowest BCUT2D eigenvalue weighted by Gasteiger charge is -1.96. The minimum atomic E-state index is 0.537. The van der Waals surface area contributed by atoms with Crippen molar-refractivity contribution in [3.63, 3.8) is 0 Å². The Labute approximate surface area is 109 Å². The Bertz CT molecular complexity index is 526. The second kappa shape index (κ2) is 4.27. The summed E-state index contributed by atoms with van der Waals surface area (Å²) in [6, 6.07) is 8.16. The van der Waals surface area contributed by atoms with Crippen LogP contribution in [0.1, 0.15) is 30.1 Å². The Morgan fingerprint density at radius 2 is 2.00 bits per heavy atom. The lowest BCUT2D eigenvalue weighted by molar-refractivity contribution is 0.944. The van der Waals surface area contributed by atoms with E-state index in [0.29, 0.717) is 12.5 Å². The highest BCUT2D eigenvalue weighted by Crippen LogP contribution is 2.41. The summed E-state index contributed by atoms with van der Waals surface area (Å²) in [6.07, 6.45) is 2.50. The summed E-state index contributed by atoms with van der Waals surface area (Å²) >= 11 is 3.43. The number of aromatic nitrogens is 2. The molecule has 0 atom stereocenters. The van der Waals surface area contributed by atoms with Crippen LogP contribution < -0.4 is 5.73 Å². The fraction of sp³-hybridized carbons (Fsp3) is 0.308. The Balaban J connectivity index is 2.00. The Hall–Kier alpha value is -1.13. The summed E-state index contributed by atoms with van der Waals surface area (Å²) in [5.41, 5.74) is 9.12. The molecule has 3 nitrogen and oxygen atoms in total. The lowest BCUT2D eigenvalue weighted by Crippen LogP contribution is -1.99. The van der Waals surface area contributed by atoms with E-state index in [1.807, 2.05) is 12.1 Å². The zero-order chi connectivity index (χ0) is 11.8. The monoisotopic (exact) mass is 291 g/mol. The summed E-state index contributed by atoms with van der Waals surface area (Å²) in [6.45, 7) is 0.537. The Kier molecular flexibility index (Phi) is 2.76. The van der Waals surface area contributed by atoms with Gasteiger partial charge in [-0.2, -0.15) is 0 Å². The molecule has 0 radical (unpaired) electrons. The number of nitrogens with zero attached hydrogens (tertiary/aromatic N) is 1. The summed E-state index contributed by atoms with van der Waals surface area (Å²) in [5, 5.41) is 0. The van der Waals surface area contributed by atoms with Gasteiger partial charge in [-0.1, -0.05) is 28.1 Å². The van der Waals surface area contributed by atoms with Crippen LogP contribution in [0.15, 0.2) is 28.7 Å². The van der Waals surface area contributed by atoms with Crippen molar-refractivity contribution in [2.45, 2.75) is 25.3 Å². The molecule has 3 N–H and O–H groups in total. The van der Waals surface area contributed by atoms with Gasteiger partial charge < -0.3 is 10.7 Å². The van der Waals surface area contributed by atoms with Gasteiger partial charge in [-0.3, -0.25) is 0 Å². The molecule has 1 fully saturated rings. The fourth-order valence-corrected chi connectivity index (χ4v) is 2.28. The van der Waals surface area contributed by atoms with Crippen LogP contribution in [-0.2, 0) is 6.54 Å². The van der Waals surface area contributed by atoms with E-state index in [1.165, 1.54) is 18.5 Å². The van der Waals surface area contributed by atoms with Crippen LogP contribution >= 0.6 is 15.9 Å². The maximum atomic E-state index is 5.75. The number of hydrogen-bond acceptors (Lipinski definition) is 2. The largest absolute Gasteiger partial charge is 0.341 e. The molecule has 4 heteroatoms. The molecule has 0 unspecified atom stereocenters. The third-order valence-electron chi connectivity index (χ3n) is 3.10. The van der Waals surface area contributed by atoms with Gasteiger partial charge in [-0.05, 0) is 25.0 Å². The summed E-state index contributed by atoms with van der Waals surface area (Å²) in [4.78, 5) is 8.03. The Morgan fingerprint density at radius 1 is 1.29 bits per heavy atom. The zero-order valence-corrected chi connectivity index (χ0v) is 11.0. The molecule has 0 aliphatic heterocycles. The molecule has 1 aromatic heterocycles. The third-order valence-corrected chi connectivity index (χ3v) is 3.63. The molecule has 17 heavy (non-hydrogen) atoms. The second-order valence-electron chi connectivity index (χ2n) is 4.43. The van der Waals surface area contributed by atoms with E-state index in [4.69, 9.17) is 10.7 Å². The first-order valence-corrected chi connectivity index (χ1v) is 6.62. The van der Waals surface area contributed by atoms with Crippen LogP contribution in [-0.4, -0.2) is 9.97 Å². The van der Waals surface area contributed by atoms with Crippen LogP contribution in [0.4, 0.5) is 0 Å². The number of hydrogen-bond donors (Lipinski definition) is 2. The van der Waals surface area contributed by atoms with Crippen molar-refractivity contribution >= 4 is 15.9 Å². The minimum Gasteiger partial charge on any atom is -0.341 e. The van der Waals surface area contributed by atoms with Gasteiger partial charge in [0, 0.05) is 22.5 Å². The molecule has 1 aromatic carbocycles. The molecule has 2 aromatic rings. The maximum Gasteiger partial charge on any atom is 0.137 e. The maximum absolute atomic E-state index is 5.75. The van der Waals surface area contributed by atoms with Crippen LogP contribution in [0.3, 0.4) is 0 Å². The zero-order valence-electron chi connectivity index (χ0n) is 9.41. The van der Waals surface area contributed by atoms with Crippen LogP contribution in [0.25, 0.3) is 11.4 Å². The van der Waals surface area contributed by atoms with Gasteiger partial charge in [0.1, 0.15) is 5.82 Å². The topological polar surface area (TPSA) is 54.7 Å². The van der Waals surface area contributed by atoms with E-state index < -0.39 is 0 Å². The quantitative estimate of drug-likeness (QED) is 0.913. The molecule has 1 heterocycles. The first-order valence-electron chi connectivity index (χ1n) is 5.82.